The molecule has 3 rings (SSSR count). The highest BCUT2D eigenvalue weighted by molar-refractivity contribution is 5.76. The Balaban J connectivity index is 1.80. The van der Waals surface area contributed by atoms with Crippen molar-refractivity contribution in [3.63, 3.8) is 0 Å². The average Bonchev–Trinajstić information content (AvgIpc) is 2.93. The molecule has 0 spiro atoms. The van der Waals surface area contributed by atoms with Crippen LogP contribution in [0, 0.1) is 10.1 Å². The number of rotatable bonds is 11. The summed E-state index contributed by atoms with van der Waals surface area (Å²) in [6.07, 6.45) is -15.9. The van der Waals surface area contributed by atoms with Gasteiger partial charge >= 0.3 is 5.97 Å². The number of ether oxygens (including phenoxy) is 4. The van der Waals surface area contributed by atoms with Gasteiger partial charge in [0.25, 0.3) is 11.5 Å². The predicted molar refractivity (Wildman–Crippen MR) is 132 cm³/mol. The standard InChI is InChI=1S/C24H34N2O15/c1-3-13(28)17(30)21-16(25-10(2)27)14(29)8-24(41-21,23(34)35)38-9-15-18(31)19(32)20(33)22(40-15)39-12-6-4-11(5-7-12)26(36)37/h4-7,13-22,28-33H,3,8-9H2,1-2H3,(H,25,27)(H,34,35)/t13-,14-,15?,16-,17-,18+,19+,20?,21?,22-,24-/m1/s1. The molecule has 0 aliphatic carbocycles. The molecule has 17 nitrogen and oxygen atoms in total. The number of nitro benzene ring substituents is 1. The van der Waals surface area contributed by atoms with Gasteiger partial charge in [-0.25, -0.2) is 4.79 Å². The number of nitro groups is 1. The minimum atomic E-state index is -2.67. The van der Waals surface area contributed by atoms with Crippen molar-refractivity contribution in [2.45, 2.75) is 93.6 Å². The van der Waals surface area contributed by atoms with Crippen molar-refractivity contribution in [1.29, 1.82) is 0 Å². The van der Waals surface area contributed by atoms with Gasteiger partial charge in [0.15, 0.2) is 0 Å². The summed E-state index contributed by atoms with van der Waals surface area (Å²) in [7, 11) is 0. The lowest BCUT2D eigenvalue weighted by molar-refractivity contribution is -0.384. The van der Waals surface area contributed by atoms with Gasteiger partial charge in [0, 0.05) is 25.5 Å². The number of amides is 1. The average molecular weight is 591 g/mol. The van der Waals surface area contributed by atoms with Crippen LogP contribution in [0.3, 0.4) is 0 Å². The van der Waals surface area contributed by atoms with Crippen molar-refractivity contribution < 1.29 is 69.2 Å². The fourth-order valence-corrected chi connectivity index (χ4v) is 4.56. The Hall–Kier alpha value is -3.00. The van der Waals surface area contributed by atoms with Crippen molar-refractivity contribution in [3.05, 3.63) is 34.4 Å². The zero-order chi connectivity index (χ0) is 30.6. The van der Waals surface area contributed by atoms with E-state index in [1.807, 2.05) is 0 Å². The van der Waals surface area contributed by atoms with Gasteiger partial charge in [-0.1, -0.05) is 6.92 Å². The molecule has 2 aliphatic rings. The van der Waals surface area contributed by atoms with Crippen LogP contribution in [0.4, 0.5) is 5.69 Å². The van der Waals surface area contributed by atoms with E-state index < -0.39 is 96.8 Å². The van der Waals surface area contributed by atoms with E-state index in [0.717, 1.165) is 19.1 Å². The highest BCUT2D eigenvalue weighted by Crippen LogP contribution is 2.35. The summed E-state index contributed by atoms with van der Waals surface area (Å²) in [6, 6.07) is 3.32. The number of carbonyl (C=O) groups is 2. The molecule has 8 N–H and O–H groups in total. The molecule has 11 atom stereocenters. The quantitative estimate of drug-likeness (QED) is 0.0967. The molecule has 2 heterocycles. The number of non-ortho nitro benzene ring substituents is 1. The van der Waals surface area contributed by atoms with Crippen molar-refractivity contribution >= 4 is 17.6 Å². The Morgan fingerprint density at radius 2 is 1.78 bits per heavy atom. The first-order valence-corrected chi connectivity index (χ1v) is 12.7. The largest absolute Gasteiger partial charge is 0.477 e. The highest BCUT2D eigenvalue weighted by Gasteiger charge is 2.56. The summed E-state index contributed by atoms with van der Waals surface area (Å²) >= 11 is 0. The van der Waals surface area contributed by atoms with Crippen LogP contribution in [-0.4, -0.2) is 126 Å². The molecule has 2 aliphatic heterocycles. The number of nitrogens with one attached hydrogen (secondary N) is 1. The summed E-state index contributed by atoms with van der Waals surface area (Å²) < 4.78 is 22.0. The van der Waals surface area contributed by atoms with E-state index in [0.29, 0.717) is 0 Å². The Morgan fingerprint density at radius 3 is 2.32 bits per heavy atom. The normalized spacial score (nSPS) is 35.2. The lowest BCUT2D eigenvalue weighted by atomic mass is 9.88. The van der Waals surface area contributed by atoms with E-state index in [-0.39, 0.29) is 17.9 Å². The van der Waals surface area contributed by atoms with Crippen LogP contribution in [0.5, 0.6) is 5.75 Å². The van der Waals surface area contributed by atoms with Crippen LogP contribution in [0.25, 0.3) is 0 Å². The zero-order valence-electron chi connectivity index (χ0n) is 22.0. The first-order chi connectivity index (χ1) is 19.2. The Labute approximate surface area is 233 Å². The second-order valence-corrected chi connectivity index (χ2v) is 9.80. The summed E-state index contributed by atoms with van der Waals surface area (Å²) in [4.78, 5) is 34.3. The number of carboxylic acid groups (broad SMARTS) is 1. The molecule has 41 heavy (non-hydrogen) atoms. The molecule has 17 heteroatoms. The van der Waals surface area contributed by atoms with Gasteiger partial charge in [0.05, 0.1) is 29.8 Å². The van der Waals surface area contributed by atoms with Gasteiger partial charge in [0.2, 0.25) is 12.2 Å². The summed E-state index contributed by atoms with van der Waals surface area (Å²) in [5.74, 6) is -5.06. The number of hydrogen-bond acceptors (Lipinski definition) is 14. The molecule has 0 bridgehead atoms. The molecule has 0 aromatic heterocycles. The third kappa shape index (κ3) is 7.26. The molecule has 1 aromatic rings. The molecule has 3 unspecified atom stereocenters. The molecular weight excluding hydrogens is 556 g/mol. The number of carbonyl (C=O) groups excluding carboxylic acids is 1. The Kier molecular flexibility index (Phi) is 10.6. The Morgan fingerprint density at radius 1 is 1.15 bits per heavy atom. The maximum Gasteiger partial charge on any atom is 0.364 e. The van der Waals surface area contributed by atoms with Gasteiger partial charge in [0.1, 0.15) is 42.4 Å². The van der Waals surface area contributed by atoms with Crippen LogP contribution < -0.4 is 10.1 Å². The third-order valence-electron chi connectivity index (χ3n) is 6.87. The summed E-state index contributed by atoms with van der Waals surface area (Å²) in [6.45, 7) is 1.84. The van der Waals surface area contributed by atoms with Gasteiger partial charge in [-0.15, -0.1) is 0 Å². The van der Waals surface area contributed by atoms with E-state index in [1.165, 1.54) is 19.1 Å². The molecule has 2 fully saturated rings. The van der Waals surface area contributed by atoms with Crippen LogP contribution in [0.15, 0.2) is 24.3 Å². The smallest absolute Gasteiger partial charge is 0.364 e. The van der Waals surface area contributed by atoms with Crippen LogP contribution >= 0.6 is 0 Å². The minimum Gasteiger partial charge on any atom is -0.477 e. The number of aliphatic hydroxyl groups excluding tert-OH is 6. The van der Waals surface area contributed by atoms with Crippen molar-refractivity contribution in [1.82, 2.24) is 5.32 Å². The first-order valence-electron chi connectivity index (χ1n) is 12.7. The number of nitrogens with zero attached hydrogens (tertiary/aromatic N) is 1. The van der Waals surface area contributed by atoms with Crippen LogP contribution in [0.2, 0.25) is 0 Å². The first kappa shape index (κ1) is 32.5. The number of benzene rings is 1. The maximum atomic E-state index is 12.4. The van der Waals surface area contributed by atoms with E-state index in [1.54, 1.807) is 0 Å². The Bertz CT molecular complexity index is 1070. The number of aliphatic hydroxyl groups is 6. The fraction of sp³-hybridized carbons (Fsp3) is 0.667. The summed E-state index contributed by atoms with van der Waals surface area (Å²) in [5, 5.41) is 86.0. The minimum absolute atomic E-state index is 0.000949. The van der Waals surface area contributed by atoms with Crippen LogP contribution in [-0.2, 0) is 23.8 Å². The zero-order valence-corrected chi connectivity index (χ0v) is 22.0. The van der Waals surface area contributed by atoms with Crippen molar-refractivity contribution in [2.24, 2.45) is 0 Å². The van der Waals surface area contributed by atoms with Crippen molar-refractivity contribution in [2.75, 3.05) is 6.61 Å². The van der Waals surface area contributed by atoms with Gasteiger partial charge in [-0.3, -0.25) is 14.9 Å². The van der Waals surface area contributed by atoms with E-state index in [9.17, 15) is 55.4 Å². The molecule has 0 saturated carbocycles. The molecule has 230 valence electrons. The monoisotopic (exact) mass is 590 g/mol. The van der Waals surface area contributed by atoms with E-state index in [2.05, 4.69) is 5.32 Å². The third-order valence-corrected chi connectivity index (χ3v) is 6.87. The number of aliphatic carboxylic acids is 1. The number of hydrogen-bond donors (Lipinski definition) is 8. The predicted octanol–water partition coefficient (Wildman–Crippen LogP) is -2.63. The molecule has 1 aromatic carbocycles. The van der Waals surface area contributed by atoms with Crippen LogP contribution in [0.1, 0.15) is 26.7 Å². The topological polar surface area (TPSA) is 268 Å². The SMILES string of the molecule is CC[C@@H](O)[C@@H](O)C1O[C@@](OCC2O[C@@H](Oc3ccc([N+](=O)[O-])cc3)C(O)[C@@H](O)[C@H]2O)(C(=O)O)C[C@@H](O)[C@H]1NC(C)=O. The second-order valence-electron chi connectivity index (χ2n) is 9.80. The van der Waals surface area contributed by atoms with E-state index in [4.69, 9.17) is 18.9 Å². The lowest BCUT2D eigenvalue weighted by Gasteiger charge is -2.47. The molecule has 0 radical (unpaired) electrons. The lowest BCUT2D eigenvalue weighted by Crippen LogP contribution is -2.68. The molecule has 1 amide bonds. The number of carboxylic acids is 1. The second kappa shape index (κ2) is 13.3. The van der Waals surface area contributed by atoms with Gasteiger partial charge < -0.3 is 60.0 Å². The highest BCUT2D eigenvalue weighted by atomic mass is 16.7. The van der Waals surface area contributed by atoms with Gasteiger partial charge in [-0.05, 0) is 18.6 Å². The maximum absolute atomic E-state index is 12.4. The molecular formula is C24H34N2O15. The fourth-order valence-electron chi connectivity index (χ4n) is 4.56. The van der Waals surface area contributed by atoms with E-state index >= 15 is 0 Å². The molecule has 2 saturated heterocycles. The summed E-state index contributed by atoms with van der Waals surface area (Å²) in [5.41, 5.74) is -0.242. The van der Waals surface area contributed by atoms with Gasteiger partial charge in [-0.2, -0.15) is 0 Å². The van der Waals surface area contributed by atoms with Crippen molar-refractivity contribution in [3.8, 4) is 5.75 Å².